The highest BCUT2D eigenvalue weighted by atomic mass is 32.2. The van der Waals surface area contributed by atoms with Crippen LogP contribution in [0.25, 0.3) is 5.57 Å². The minimum absolute atomic E-state index is 0.0573. The summed E-state index contributed by atoms with van der Waals surface area (Å²) in [7, 11) is -2.78. The third kappa shape index (κ3) is 2.30. The predicted molar refractivity (Wildman–Crippen MR) is 90.5 cm³/mol. The minimum atomic E-state index is -1.39. The van der Waals surface area contributed by atoms with Crippen molar-refractivity contribution in [2.24, 2.45) is 0 Å². The maximum atomic E-state index is 12.6. The Bertz CT molecular complexity index is 798. The molecule has 1 aliphatic rings. The molecule has 5 heteroatoms. The summed E-state index contributed by atoms with van der Waals surface area (Å²) in [5, 5.41) is 0. The van der Waals surface area contributed by atoms with E-state index in [9.17, 15) is 13.2 Å². The van der Waals surface area contributed by atoms with Crippen LogP contribution in [0.5, 0.6) is 0 Å². The summed E-state index contributed by atoms with van der Waals surface area (Å²) in [6, 6.07) is 14.4. The second-order valence-electron chi connectivity index (χ2n) is 4.99. The van der Waals surface area contributed by atoms with Gasteiger partial charge >= 0.3 is 0 Å². The first-order chi connectivity index (χ1) is 10.5. The minimum Gasteiger partial charge on any atom is -0.289 e. The number of fused-ring (bicyclic) bond motifs is 2. The molecule has 0 heterocycles. The van der Waals surface area contributed by atoms with Crippen LogP contribution in [0.4, 0.5) is 0 Å². The Balaban J connectivity index is 2.49. The Morgan fingerprint density at radius 3 is 1.45 bits per heavy atom. The fourth-order valence-electron chi connectivity index (χ4n) is 2.76. The van der Waals surface area contributed by atoms with Gasteiger partial charge in [-0.3, -0.25) is 13.2 Å². The van der Waals surface area contributed by atoms with Gasteiger partial charge in [0.05, 0.1) is 21.6 Å². The number of carbonyl (C=O) groups excluding carboxylic acids is 1. The lowest BCUT2D eigenvalue weighted by Crippen LogP contribution is -2.17. The summed E-state index contributed by atoms with van der Waals surface area (Å²) in [6.07, 6.45) is 3.04. The standard InChI is InChI=1S/C17H14O3S2/c1-21(19)17(22(2)20)15-11-7-3-5-9-13(11)16(18)14-10-6-4-8-12(14)15/h3-10H,1-2H3. The Kier molecular flexibility index (Phi) is 3.93. The molecule has 2 aromatic carbocycles. The average Bonchev–Trinajstić information content (AvgIpc) is 2.50. The van der Waals surface area contributed by atoms with Crippen LogP contribution < -0.4 is 0 Å². The van der Waals surface area contributed by atoms with E-state index < -0.39 is 21.6 Å². The van der Waals surface area contributed by atoms with Crippen molar-refractivity contribution in [3.63, 3.8) is 0 Å². The van der Waals surface area contributed by atoms with Gasteiger partial charge in [-0.05, 0) is 11.1 Å². The van der Waals surface area contributed by atoms with Crippen LogP contribution in [-0.2, 0) is 21.6 Å². The van der Waals surface area contributed by atoms with Crippen molar-refractivity contribution >= 4 is 33.0 Å². The van der Waals surface area contributed by atoms with Crippen molar-refractivity contribution in [2.75, 3.05) is 12.5 Å². The quantitative estimate of drug-likeness (QED) is 0.726. The lowest BCUT2D eigenvalue weighted by atomic mass is 9.82. The fourth-order valence-corrected chi connectivity index (χ4v) is 5.10. The highest BCUT2D eigenvalue weighted by Crippen LogP contribution is 2.38. The summed E-state index contributed by atoms with van der Waals surface area (Å²) in [5.41, 5.74) is 3.18. The fraction of sp³-hybridized carbons (Fsp3) is 0.118. The van der Waals surface area contributed by atoms with Crippen molar-refractivity contribution < 1.29 is 13.2 Å². The predicted octanol–water partition coefficient (Wildman–Crippen LogP) is 2.70. The van der Waals surface area contributed by atoms with Gasteiger partial charge < -0.3 is 0 Å². The molecule has 0 aliphatic heterocycles. The molecule has 1 aliphatic carbocycles. The van der Waals surface area contributed by atoms with E-state index in [0.29, 0.717) is 32.1 Å². The van der Waals surface area contributed by atoms with Crippen LogP contribution in [0.2, 0.25) is 0 Å². The maximum absolute atomic E-state index is 12.6. The summed E-state index contributed by atoms with van der Waals surface area (Å²) in [4.78, 5) is 12.6. The van der Waals surface area contributed by atoms with E-state index in [1.165, 1.54) is 12.5 Å². The van der Waals surface area contributed by atoms with E-state index >= 15 is 0 Å². The van der Waals surface area contributed by atoms with E-state index in [1.54, 1.807) is 24.3 Å². The van der Waals surface area contributed by atoms with E-state index in [-0.39, 0.29) is 5.78 Å². The van der Waals surface area contributed by atoms with Gasteiger partial charge in [-0.25, -0.2) is 0 Å². The van der Waals surface area contributed by atoms with E-state index in [4.69, 9.17) is 0 Å². The van der Waals surface area contributed by atoms with Gasteiger partial charge in [0, 0.05) is 29.2 Å². The number of ketones is 1. The Labute approximate surface area is 134 Å². The Morgan fingerprint density at radius 2 is 1.09 bits per heavy atom. The summed E-state index contributed by atoms with van der Waals surface area (Å²) >= 11 is 0. The molecular formula is C17H14O3S2. The van der Waals surface area contributed by atoms with Gasteiger partial charge in [-0.15, -0.1) is 0 Å². The first-order valence-corrected chi connectivity index (χ1v) is 9.78. The van der Waals surface area contributed by atoms with Crippen molar-refractivity contribution in [1.82, 2.24) is 0 Å². The third-order valence-electron chi connectivity index (χ3n) is 3.61. The Hall–Kier alpha value is -1.85. The molecule has 3 rings (SSSR count). The van der Waals surface area contributed by atoms with Gasteiger partial charge in [0.1, 0.15) is 4.24 Å². The molecule has 2 unspecified atom stereocenters. The molecule has 0 bridgehead atoms. The molecule has 0 N–H and O–H groups in total. The van der Waals surface area contributed by atoms with E-state index in [0.717, 1.165) is 0 Å². The lowest BCUT2D eigenvalue weighted by molar-refractivity contribution is 0.103. The van der Waals surface area contributed by atoms with Crippen LogP contribution >= 0.6 is 0 Å². The highest BCUT2D eigenvalue weighted by Gasteiger charge is 2.30. The van der Waals surface area contributed by atoms with Crippen LogP contribution in [0.1, 0.15) is 27.0 Å². The molecule has 0 radical (unpaired) electrons. The lowest BCUT2D eigenvalue weighted by Gasteiger charge is -2.23. The number of carbonyl (C=O) groups is 1. The Morgan fingerprint density at radius 1 is 0.727 bits per heavy atom. The normalized spacial score (nSPS) is 15.7. The van der Waals surface area contributed by atoms with Crippen molar-refractivity contribution in [2.45, 2.75) is 0 Å². The molecule has 3 nitrogen and oxygen atoms in total. The SMILES string of the molecule is CS(=O)C(=C1c2ccccc2C(=O)c2ccccc21)S(C)=O. The smallest absolute Gasteiger partial charge is 0.194 e. The van der Waals surface area contributed by atoms with E-state index in [2.05, 4.69) is 0 Å². The van der Waals surface area contributed by atoms with Gasteiger partial charge in [0.2, 0.25) is 0 Å². The molecule has 2 aromatic rings. The second kappa shape index (κ2) is 5.74. The number of hydrogen-bond donors (Lipinski definition) is 0. The summed E-state index contributed by atoms with van der Waals surface area (Å²) in [6.45, 7) is 0. The highest BCUT2D eigenvalue weighted by molar-refractivity contribution is 8.08. The van der Waals surface area contributed by atoms with Crippen LogP contribution in [0, 0.1) is 0 Å². The molecule has 2 atom stereocenters. The van der Waals surface area contributed by atoms with Gasteiger partial charge in [0.25, 0.3) is 0 Å². The summed E-state index contributed by atoms with van der Waals surface area (Å²) < 4.78 is 24.7. The first kappa shape index (κ1) is 15.1. The topological polar surface area (TPSA) is 51.2 Å². The van der Waals surface area contributed by atoms with Crippen molar-refractivity contribution in [3.8, 4) is 0 Å². The average molecular weight is 330 g/mol. The molecule has 22 heavy (non-hydrogen) atoms. The monoisotopic (exact) mass is 330 g/mol. The van der Waals surface area contributed by atoms with Gasteiger partial charge in [0.15, 0.2) is 5.78 Å². The zero-order valence-electron chi connectivity index (χ0n) is 12.2. The molecule has 0 spiro atoms. The van der Waals surface area contributed by atoms with Crippen LogP contribution in [0.3, 0.4) is 0 Å². The maximum Gasteiger partial charge on any atom is 0.194 e. The van der Waals surface area contributed by atoms with Crippen LogP contribution in [-0.4, -0.2) is 26.7 Å². The van der Waals surface area contributed by atoms with Gasteiger partial charge in [-0.2, -0.15) is 0 Å². The third-order valence-corrected chi connectivity index (χ3v) is 6.47. The van der Waals surface area contributed by atoms with Crippen LogP contribution in [0.15, 0.2) is 52.8 Å². The van der Waals surface area contributed by atoms with Crippen molar-refractivity contribution in [3.05, 3.63) is 75.0 Å². The molecule has 0 amide bonds. The number of rotatable bonds is 2. The second-order valence-corrected chi connectivity index (χ2v) is 7.88. The molecule has 0 fully saturated rings. The molecule has 0 saturated heterocycles. The zero-order valence-corrected chi connectivity index (χ0v) is 13.8. The molecule has 112 valence electrons. The molecule has 0 saturated carbocycles. The number of hydrogen-bond acceptors (Lipinski definition) is 3. The molecular weight excluding hydrogens is 316 g/mol. The zero-order chi connectivity index (χ0) is 15.9. The van der Waals surface area contributed by atoms with Crippen molar-refractivity contribution in [1.29, 1.82) is 0 Å². The molecule has 0 aromatic heterocycles. The van der Waals surface area contributed by atoms with E-state index in [1.807, 2.05) is 24.3 Å². The first-order valence-electron chi connectivity index (χ1n) is 6.67. The summed E-state index contributed by atoms with van der Waals surface area (Å²) in [5.74, 6) is -0.0573. The number of benzene rings is 2. The van der Waals surface area contributed by atoms with Gasteiger partial charge in [-0.1, -0.05) is 48.5 Å². The largest absolute Gasteiger partial charge is 0.289 e.